The smallest absolute Gasteiger partial charge is 0.270 e. The van der Waals surface area contributed by atoms with Crippen molar-refractivity contribution < 1.29 is 14.1 Å². The number of carbonyl (C=O) groups excluding carboxylic acids is 1. The fourth-order valence-electron chi connectivity index (χ4n) is 1.71. The Balaban J connectivity index is 2.81. The molecule has 1 amide bonds. The number of nitro benzene ring substituents is 1. The van der Waals surface area contributed by atoms with Gasteiger partial charge in [0.2, 0.25) is 0 Å². The third kappa shape index (κ3) is 4.01. The summed E-state index contributed by atoms with van der Waals surface area (Å²) >= 11 is 0. The highest BCUT2D eigenvalue weighted by molar-refractivity contribution is 5.95. The number of nitrogens with zero attached hydrogens (tertiary/aromatic N) is 1. The van der Waals surface area contributed by atoms with Gasteiger partial charge in [0, 0.05) is 18.7 Å². The van der Waals surface area contributed by atoms with Crippen molar-refractivity contribution in [2.45, 2.75) is 26.7 Å². The predicted molar refractivity (Wildman–Crippen MR) is 69.5 cm³/mol. The largest absolute Gasteiger partial charge is 0.352 e. The van der Waals surface area contributed by atoms with Crippen molar-refractivity contribution in [1.82, 2.24) is 5.32 Å². The minimum atomic E-state index is -0.757. The van der Waals surface area contributed by atoms with Gasteiger partial charge >= 0.3 is 0 Å². The highest BCUT2D eigenvalue weighted by Gasteiger charge is 2.17. The van der Waals surface area contributed by atoms with Gasteiger partial charge in [0.15, 0.2) is 0 Å². The van der Waals surface area contributed by atoms with Crippen LogP contribution in [0.3, 0.4) is 0 Å². The van der Waals surface area contributed by atoms with Crippen LogP contribution in [0.5, 0.6) is 0 Å². The lowest BCUT2D eigenvalue weighted by Crippen LogP contribution is -2.29. The molecule has 0 heterocycles. The van der Waals surface area contributed by atoms with Crippen molar-refractivity contribution in [3.63, 3.8) is 0 Å². The molecule has 5 nitrogen and oxygen atoms in total. The quantitative estimate of drug-likeness (QED) is 0.637. The zero-order valence-electron chi connectivity index (χ0n) is 11.0. The number of nitro groups is 1. The Hall–Kier alpha value is -1.98. The van der Waals surface area contributed by atoms with E-state index < -0.39 is 16.6 Å². The molecule has 1 aromatic rings. The third-order valence-electron chi connectivity index (χ3n) is 3.11. The molecule has 19 heavy (non-hydrogen) atoms. The van der Waals surface area contributed by atoms with Crippen molar-refractivity contribution >= 4 is 11.6 Å². The molecule has 0 aliphatic rings. The molecule has 0 atom stereocenters. The zero-order chi connectivity index (χ0) is 14.4. The first-order valence-electron chi connectivity index (χ1n) is 6.21. The molecule has 0 aliphatic heterocycles. The lowest BCUT2D eigenvalue weighted by molar-refractivity contribution is -0.384. The summed E-state index contributed by atoms with van der Waals surface area (Å²) in [6.07, 6.45) is 1.82. The van der Waals surface area contributed by atoms with Crippen LogP contribution in [0.15, 0.2) is 18.2 Å². The third-order valence-corrected chi connectivity index (χ3v) is 3.11. The summed E-state index contributed by atoms with van der Waals surface area (Å²) < 4.78 is 13.5. The van der Waals surface area contributed by atoms with E-state index in [-0.39, 0.29) is 11.3 Å². The zero-order valence-corrected chi connectivity index (χ0v) is 11.0. The van der Waals surface area contributed by atoms with Crippen LogP contribution in [0.2, 0.25) is 0 Å². The molecule has 1 rings (SSSR count). The van der Waals surface area contributed by atoms with Gasteiger partial charge in [-0.05, 0) is 12.0 Å². The van der Waals surface area contributed by atoms with Crippen molar-refractivity contribution in [1.29, 1.82) is 0 Å². The van der Waals surface area contributed by atoms with Gasteiger partial charge in [-0.25, -0.2) is 4.39 Å². The maximum absolute atomic E-state index is 13.5. The SMILES string of the molecule is CCC(CC)CNC(=O)c1cc([N+](=O)[O-])ccc1F. The first-order valence-corrected chi connectivity index (χ1v) is 6.21. The van der Waals surface area contributed by atoms with Gasteiger partial charge in [0.05, 0.1) is 10.5 Å². The molecule has 0 spiro atoms. The summed E-state index contributed by atoms with van der Waals surface area (Å²) in [6, 6.07) is 2.93. The Morgan fingerprint density at radius 3 is 2.58 bits per heavy atom. The average molecular weight is 268 g/mol. The van der Waals surface area contributed by atoms with Gasteiger partial charge < -0.3 is 5.32 Å². The van der Waals surface area contributed by atoms with E-state index in [0.29, 0.717) is 12.5 Å². The van der Waals surface area contributed by atoms with Gasteiger partial charge in [-0.1, -0.05) is 26.7 Å². The minimum absolute atomic E-state index is 0.292. The molecular weight excluding hydrogens is 251 g/mol. The number of hydrogen-bond donors (Lipinski definition) is 1. The van der Waals surface area contributed by atoms with E-state index >= 15 is 0 Å². The normalized spacial score (nSPS) is 10.5. The summed E-state index contributed by atoms with van der Waals surface area (Å²) in [5.41, 5.74) is -0.589. The first-order chi connectivity index (χ1) is 8.99. The molecule has 0 radical (unpaired) electrons. The van der Waals surface area contributed by atoms with Gasteiger partial charge in [0.25, 0.3) is 11.6 Å². The molecule has 0 unspecified atom stereocenters. The number of benzene rings is 1. The molecule has 104 valence electrons. The lowest BCUT2D eigenvalue weighted by atomic mass is 10.0. The summed E-state index contributed by atoms with van der Waals surface area (Å²) in [5, 5.41) is 13.2. The maximum Gasteiger partial charge on any atom is 0.270 e. The monoisotopic (exact) mass is 268 g/mol. The van der Waals surface area contributed by atoms with E-state index in [2.05, 4.69) is 5.32 Å². The van der Waals surface area contributed by atoms with Crippen LogP contribution in [-0.4, -0.2) is 17.4 Å². The summed E-state index contributed by atoms with van der Waals surface area (Å²) in [4.78, 5) is 21.7. The maximum atomic E-state index is 13.5. The second kappa shape index (κ2) is 6.82. The van der Waals surface area contributed by atoms with Crippen LogP contribution in [0.1, 0.15) is 37.0 Å². The van der Waals surface area contributed by atoms with Crippen molar-refractivity contribution in [3.8, 4) is 0 Å². The second-order valence-corrected chi connectivity index (χ2v) is 4.31. The topological polar surface area (TPSA) is 72.2 Å². The molecule has 0 saturated heterocycles. The number of non-ortho nitro benzene ring substituents is 1. The Bertz CT molecular complexity index is 473. The van der Waals surface area contributed by atoms with Crippen molar-refractivity contribution in [3.05, 3.63) is 39.7 Å². The highest BCUT2D eigenvalue weighted by atomic mass is 19.1. The van der Waals surface area contributed by atoms with E-state index in [4.69, 9.17) is 0 Å². The minimum Gasteiger partial charge on any atom is -0.352 e. The van der Waals surface area contributed by atoms with Gasteiger partial charge in [-0.2, -0.15) is 0 Å². The molecule has 0 aromatic heterocycles. The van der Waals surface area contributed by atoms with Gasteiger partial charge in [0.1, 0.15) is 5.82 Å². The van der Waals surface area contributed by atoms with Gasteiger partial charge in [-0.15, -0.1) is 0 Å². The number of halogens is 1. The molecule has 0 bridgehead atoms. The molecular formula is C13H17FN2O3. The van der Waals surface area contributed by atoms with Crippen LogP contribution in [0, 0.1) is 21.8 Å². The van der Waals surface area contributed by atoms with Crippen LogP contribution < -0.4 is 5.32 Å². The Kier molecular flexibility index (Phi) is 5.41. The van der Waals surface area contributed by atoms with Crippen molar-refractivity contribution in [2.24, 2.45) is 5.92 Å². The molecule has 0 fully saturated rings. The summed E-state index contributed by atoms with van der Waals surface area (Å²) in [6.45, 7) is 4.45. The first kappa shape index (κ1) is 15.1. The van der Waals surface area contributed by atoms with Crippen LogP contribution >= 0.6 is 0 Å². The van der Waals surface area contributed by atoms with Gasteiger partial charge in [-0.3, -0.25) is 14.9 Å². The molecule has 1 N–H and O–H groups in total. The Morgan fingerprint density at radius 1 is 1.42 bits per heavy atom. The predicted octanol–water partition coefficient (Wildman–Crippen LogP) is 2.90. The van der Waals surface area contributed by atoms with Crippen LogP contribution in [0.25, 0.3) is 0 Å². The average Bonchev–Trinajstić information content (AvgIpc) is 2.39. The fourth-order valence-corrected chi connectivity index (χ4v) is 1.71. The fraction of sp³-hybridized carbons (Fsp3) is 0.462. The highest BCUT2D eigenvalue weighted by Crippen LogP contribution is 2.17. The molecule has 0 aliphatic carbocycles. The van der Waals surface area contributed by atoms with E-state index in [9.17, 15) is 19.3 Å². The Labute approximate surface area is 111 Å². The summed E-state index contributed by atoms with van der Waals surface area (Å²) in [5.74, 6) is -1.05. The standard InChI is InChI=1S/C13H17FN2O3/c1-3-9(4-2)8-15-13(17)11-7-10(16(18)19)5-6-12(11)14/h5-7,9H,3-4,8H2,1-2H3,(H,15,17). The van der Waals surface area contributed by atoms with E-state index in [1.807, 2.05) is 13.8 Å². The Morgan fingerprint density at radius 2 is 2.05 bits per heavy atom. The van der Waals surface area contributed by atoms with Crippen molar-refractivity contribution in [2.75, 3.05) is 6.54 Å². The summed E-state index contributed by atoms with van der Waals surface area (Å²) in [7, 11) is 0. The van der Waals surface area contributed by atoms with Crippen LogP contribution in [-0.2, 0) is 0 Å². The molecule has 6 heteroatoms. The number of amides is 1. The molecule has 1 aromatic carbocycles. The number of carbonyl (C=O) groups is 1. The van der Waals surface area contributed by atoms with E-state index in [1.165, 1.54) is 0 Å². The number of nitrogens with one attached hydrogen (secondary N) is 1. The van der Waals surface area contributed by atoms with Crippen LogP contribution in [0.4, 0.5) is 10.1 Å². The number of hydrogen-bond acceptors (Lipinski definition) is 3. The number of rotatable bonds is 6. The lowest BCUT2D eigenvalue weighted by Gasteiger charge is -2.13. The van der Waals surface area contributed by atoms with E-state index in [1.54, 1.807) is 0 Å². The second-order valence-electron chi connectivity index (χ2n) is 4.31. The molecule has 0 saturated carbocycles. The van der Waals surface area contributed by atoms with E-state index in [0.717, 1.165) is 31.0 Å².